The van der Waals surface area contributed by atoms with Gasteiger partial charge in [-0.05, 0) is 42.8 Å². The summed E-state index contributed by atoms with van der Waals surface area (Å²) in [6, 6.07) is 14.0. The number of aromatic nitrogens is 1. The third-order valence-corrected chi connectivity index (χ3v) is 4.19. The first-order valence-corrected chi connectivity index (χ1v) is 8.86. The number of nitrogens with zero attached hydrogens (tertiary/aromatic N) is 1. The summed E-state index contributed by atoms with van der Waals surface area (Å²) < 4.78 is 10.4. The Hall–Kier alpha value is -3.87. The highest BCUT2D eigenvalue weighted by Crippen LogP contribution is 2.26. The molecule has 148 valence electrons. The first-order chi connectivity index (χ1) is 14.0. The number of ether oxygens (including phenoxy) is 2. The van der Waals surface area contributed by atoms with Crippen molar-refractivity contribution in [2.45, 2.75) is 6.92 Å². The minimum atomic E-state index is -0.391. The van der Waals surface area contributed by atoms with Crippen molar-refractivity contribution >= 4 is 23.2 Å². The van der Waals surface area contributed by atoms with Crippen molar-refractivity contribution in [1.82, 2.24) is 4.98 Å². The molecule has 7 heteroatoms. The highest BCUT2D eigenvalue weighted by Gasteiger charge is 2.14. The van der Waals surface area contributed by atoms with Crippen LogP contribution >= 0.6 is 0 Å². The fourth-order valence-corrected chi connectivity index (χ4v) is 2.71. The average Bonchev–Trinajstić information content (AvgIpc) is 2.74. The summed E-state index contributed by atoms with van der Waals surface area (Å²) in [5.74, 6) is 0.399. The summed E-state index contributed by atoms with van der Waals surface area (Å²) in [7, 11) is 3.08. The number of methoxy groups -OCH3 is 2. The van der Waals surface area contributed by atoms with Crippen LogP contribution < -0.4 is 20.1 Å². The molecule has 0 unspecified atom stereocenters. The second-order valence-electron chi connectivity index (χ2n) is 6.31. The number of rotatable bonds is 6. The Morgan fingerprint density at radius 3 is 2.28 bits per heavy atom. The largest absolute Gasteiger partial charge is 0.497 e. The van der Waals surface area contributed by atoms with E-state index in [0.29, 0.717) is 22.9 Å². The van der Waals surface area contributed by atoms with Gasteiger partial charge in [-0.1, -0.05) is 12.1 Å². The van der Waals surface area contributed by atoms with Gasteiger partial charge in [-0.15, -0.1) is 0 Å². The topological polar surface area (TPSA) is 89.5 Å². The number of anilines is 2. The van der Waals surface area contributed by atoms with Crippen LogP contribution in [0, 0.1) is 6.92 Å². The Balaban J connectivity index is 1.77. The Kier molecular flexibility index (Phi) is 6.09. The zero-order valence-corrected chi connectivity index (χ0v) is 16.4. The molecule has 0 atom stereocenters. The number of nitrogens with one attached hydrogen (secondary N) is 2. The van der Waals surface area contributed by atoms with E-state index in [-0.39, 0.29) is 17.0 Å². The number of aryl methyl sites for hydroxylation is 1. The quantitative estimate of drug-likeness (QED) is 0.665. The first-order valence-electron chi connectivity index (χ1n) is 8.86. The summed E-state index contributed by atoms with van der Waals surface area (Å²) in [6.45, 7) is 1.92. The standard InChI is InChI=1S/C22H21N3O4/c1-14-7-8-20(29-3)19(9-14)25-22(27)16-10-15(12-23-13-16)21(26)24-17-5-4-6-18(11-17)28-2/h4-13H,1-3H3,(H,24,26)(H,25,27). The predicted octanol–water partition coefficient (Wildman–Crippen LogP) is 3.91. The molecule has 0 bridgehead atoms. The lowest BCUT2D eigenvalue weighted by atomic mass is 10.1. The van der Waals surface area contributed by atoms with E-state index >= 15 is 0 Å². The van der Waals surface area contributed by atoms with Crippen molar-refractivity contribution < 1.29 is 19.1 Å². The minimum absolute atomic E-state index is 0.256. The molecule has 1 heterocycles. The fourth-order valence-electron chi connectivity index (χ4n) is 2.71. The summed E-state index contributed by atoms with van der Waals surface area (Å²) in [4.78, 5) is 29.2. The van der Waals surface area contributed by atoms with Gasteiger partial charge in [0.05, 0.1) is 31.0 Å². The number of hydrogen-bond donors (Lipinski definition) is 2. The third-order valence-electron chi connectivity index (χ3n) is 4.19. The molecule has 0 fully saturated rings. The highest BCUT2D eigenvalue weighted by molar-refractivity contribution is 6.08. The SMILES string of the molecule is COc1cccc(NC(=O)c2cncc(C(=O)Nc3cc(C)ccc3OC)c2)c1. The lowest BCUT2D eigenvalue weighted by Crippen LogP contribution is -2.16. The van der Waals surface area contributed by atoms with E-state index in [1.54, 1.807) is 37.4 Å². The summed E-state index contributed by atoms with van der Waals surface area (Å²) in [5, 5.41) is 5.56. The van der Waals surface area contributed by atoms with E-state index in [2.05, 4.69) is 15.6 Å². The van der Waals surface area contributed by atoms with Crippen molar-refractivity contribution in [3.63, 3.8) is 0 Å². The maximum atomic E-state index is 12.7. The van der Waals surface area contributed by atoms with Gasteiger partial charge in [0.25, 0.3) is 11.8 Å². The van der Waals surface area contributed by atoms with Crippen molar-refractivity contribution in [2.24, 2.45) is 0 Å². The molecule has 2 N–H and O–H groups in total. The van der Waals surface area contributed by atoms with Gasteiger partial charge in [0.2, 0.25) is 0 Å². The molecular weight excluding hydrogens is 370 g/mol. The molecule has 2 aromatic carbocycles. The molecule has 7 nitrogen and oxygen atoms in total. The Morgan fingerprint density at radius 2 is 1.59 bits per heavy atom. The van der Waals surface area contributed by atoms with Crippen LogP contribution in [0.5, 0.6) is 11.5 Å². The molecule has 0 aliphatic heterocycles. The Bertz CT molecular complexity index is 1050. The monoisotopic (exact) mass is 391 g/mol. The van der Waals surface area contributed by atoms with Crippen LogP contribution in [-0.4, -0.2) is 31.0 Å². The van der Waals surface area contributed by atoms with Gasteiger partial charge in [0.15, 0.2) is 0 Å². The number of benzene rings is 2. The highest BCUT2D eigenvalue weighted by atomic mass is 16.5. The van der Waals surface area contributed by atoms with Gasteiger partial charge in [-0.2, -0.15) is 0 Å². The lowest BCUT2D eigenvalue weighted by molar-refractivity contribution is 0.102. The number of pyridine rings is 1. The zero-order chi connectivity index (χ0) is 20.8. The molecule has 0 saturated heterocycles. The average molecular weight is 391 g/mol. The van der Waals surface area contributed by atoms with Crippen LogP contribution in [0.4, 0.5) is 11.4 Å². The second kappa shape index (κ2) is 8.88. The van der Waals surface area contributed by atoms with Crippen LogP contribution in [0.2, 0.25) is 0 Å². The zero-order valence-electron chi connectivity index (χ0n) is 16.4. The molecule has 0 saturated carbocycles. The molecule has 0 aliphatic rings. The number of hydrogen-bond acceptors (Lipinski definition) is 5. The van der Waals surface area contributed by atoms with Crippen molar-refractivity contribution in [3.8, 4) is 11.5 Å². The summed E-state index contributed by atoms with van der Waals surface area (Å²) >= 11 is 0. The first kappa shape index (κ1) is 19.9. The molecule has 3 rings (SSSR count). The molecule has 1 aromatic heterocycles. The number of carbonyl (C=O) groups is 2. The predicted molar refractivity (Wildman–Crippen MR) is 111 cm³/mol. The molecule has 29 heavy (non-hydrogen) atoms. The van der Waals surface area contributed by atoms with Gasteiger partial charge in [0, 0.05) is 24.1 Å². The maximum Gasteiger partial charge on any atom is 0.257 e. The van der Waals surface area contributed by atoms with E-state index in [0.717, 1.165) is 5.56 Å². The minimum Gasteiger partial charge on any atom is -0.497 e. The fraction of sp³-hybridized carbons (Fsp3) is 0.136. The summed E-state index contributed by atoms with van der Waals surface area (Å²) in [5.41, 5.74) is 2.62. The van der Waals surface area contributed by atoms with Crippen LogP contribution in [0.15, 0.2) is 60.9 Å². The van der Waals surface area contributed by atoms with Gasteiger partial charge < -0.3 is 20.1 Å². The molecule has 0 spiro atoms. The van der Waals surface area contributed by atoms with Gasteiger partial charge in [0.1, 0.15) is 11.5 Å². The van der Waals surface area contributed by atoms with Crippen LogP contribution in [0.25, 0.3) is 0 Å². The molecular formula is C22H21N3O4. The number of carbonyl (C=O) groups excluding carboxylic acids is 2. The van der Waals surface area contributed by atoms with Gasteiger partial charge in [-0.3, -0.25) is 14.6 Å². The normalized spacial score (nSPS) is 10.2. The van der Waals surface area contributed by atoms with Crippen molar-refractivity contribution in [2.75, 3.05) is 24.9 Å². The number of amides is 2. The maximum absolute atomic E-state index is 12.7. The lowest BCUT2D eigenvalue weighted by Gasteiger charge is -2.11. The van der Waals surface area contributed by atoms with E-state index in [4.69, 9.17) is 9.47 Å². The Labute approximate surface area is 168 Å². The molecule has 2 amide bonds. The van der Waals surface area contributed by atoms with E-state index in [1.165, 1.54) is 25.6 Å². The van der Waals surface area contributed by atoms with Crippen LogP contribution in [-0.2, 0) is 0 Å². The third kappa shape index (κ3) is 4.90. The van der Waals surface area contributed by atoms with Crippen LogP contribution in [0.3, 0.4) is 0 Å². The van der Waals surface area contributed by atoms with Crippen molar-refractivity contribution in [1.29, 1.82) is 0 Å². The van der Waals surface area contributed by atoms with Gasteiger partial charge >= 0.3 is 0 Å². The summed E-state index contributed by atoms with van der Waals surface area (Å²) in [6.07, 6.45) is 2.81. The van der Waals surface area contributed by atoms with E-state index in [1.807, 2.05) is 19.1 Å². The van der Waals surface area contributed by atoms with Crippen LogP contribution in [0.1, 0.15) is 26.3 Å². The second-order valence-corrected chi connectivity index (χ2v) is 6.31. The smallest absolute Gasteiger partial charge is 0.257 e. The molecule has 3 aromatic rings. The van der Waals surface area contributed by atoms with Crippen molar-refractivity contribution in [3.05, 3.63) is 77.6 Å². The van der Waals surface area contributed by atoms with E-state index < -0.39 is 5.91 Å². The van der Waals surface area contributed by atoms with Gasteiger partial charge in [-0.25, -0.2) is 0 Å². The molecule has 0 aliphatic carbocycles. The molecule has 0 radical (unpaired) electrons. The van der Waals surface area contributed by atoms with E-state index in [9.17, 15) is 9.59 Å². The Morgan fingerprint density at radius 1 is 0.862 bits per heavy atom.